The summed E-state index contributed by atoms with van der Waals surface area (Å²) in [7, 11) is 0. The molecule has 8 heteroatoms. The molecule has 8 nitrogen and oxygen atoms in total. The second-order valence-corrected chi connectivity index (χ2v) is 5.42. The quantitative estimate of drug-likeness (QED) is 0.838. The van der Waals surface area contributed by atoms with E-state index < -0.39 is 6.09 Å². The molecule has 2 aromatic rings. The molecule has 122 valence electrons. The van der Waals surface area contributed by atoms with Crippen LogP contribution in [0.25, 0.3) is 0 Å². The normalized spacial score (nSPS) is 20.3. The zero-order chi connectivity index (χ0) is 15.9. The van der Waals surface area contributed by atoms with Crippen LogP contribution in [0, 0.1) is 0 Å². The average molecular weight is 317 g/mol. The Labute approximate surface area is 133 Å². The number of aromatic nitrogens is 4. The van der Waals surface area contributed by atoms with Crippen molar-refractivity contribution in [3.05, 3.63) is 41.7 Å². The molecule has 1 aromatic heterocycles. The highest BCUT2D eigenvalue weighted by molar-refractivity contribution is 5.67. The summed E-state index contributed by atoms with van der Waals surface area (Å²) < 4.78 is 11.0. The van der Waals surface area contributed by atoms with Crippen LogP contribution in [-0.2, 0) is 22.7 Å². The van der Waals surface area contributed by atoms with Gasteiger partial charge in [-0.25, -0.2) is 4.79 Å². The van der Waals surface area contributed by atoms with Gasteiger partial charge in [0.1, 0.15) is 13.2 Å². The molecule has 1 heterocycles. The predicted octanol–water partition coefficient (Wildman–Crippen LogP) is 1.56. The van der Waals surface area contributed by atoms with Crippen molar-refractivity contribution < 1.29 is 14.3 Å². The van der Waals surface area contributed by atoms with Crippen LogP contribution >= 0.6 is 0 Å². The van der Waals surface area contributed by atoms with Crippen molar-refractivity contribution in [2.45, 2.75) is 44.6 Å². The molecule has 1 aliphatic carbocycles. The standard InChI is InChI=1S/C15H19N5O3/c21-15(23-9-11-5-2-1-3-6-11)16-12-7-4-8-13(12)22-10-14-17-19-20-18-14/h1-3,5-6,12-13H,4,7-10H2,(H,16,21)(H,17,18,19,20)/t12-,13-/m0/s1. The maximum atomic E-state index is 11.9. The molecule has 0 unspecified atom stereocenters. The number of benzene rings is 1. The number of tetrazole rings is 1. The topological polar surface area (TPSA) is 102 Å². The van der Waals surface area contributed by atoms with E-state index in [-0.39, 0.29) is 25.4 Å². The van der Waals surface area contributed by atoms with E-state index in [1.54, 1.807) is 0 Å². The van der Waals surface area contributed by atoms with Crippen molar-refractivity contribution in [1.82, 2.24) is 25.9 Å². The number of carbonyl (C=O) groups is 1. The van der Waals surface area contributed by atoms with Gasteiger partial charge in [-0.2, -0.15) is 5.21 Å². The molecule has 0 radical (unpaired) electrons. The number of carbonyl (C=O) groups excluding carboxylic acids is 1. The molecule has 1 fully saturated rings. The first-order valence-electron chi connectivity index (χ1n) is 7.62. The van der Waals surface area contributed by atoms with Crippen LogP contribution in [0.3, 0.4) is 0 Å². The van der Waals surface area contributed by atoms with Crippen molar-refractivity contribution in [3.63, 3.8) is 0 Å². The predicted molar refractivity (Wildman–Crippen MR) is 80.2 cm³/mol. The highest BCUT2D eigenvalue weighted by atomic mass is 16.5. The number of alkyl carbamates (subject to hydrolysis) is 1. The molecule has 0 bridgehead atoms. The van der Waals surface area contributed by atoms with Gasteiger partial charge in [0.05, 0.1) is 12.1 Å². The van der Waals surface area contributed by atoms with Gasteiger partial charge in [-0.3, -0.25) is 0 Å². The van der Waals surface area contributed by atoms with Crippen LogP contribution in [0.2, 0.25) is 0 Å². The summed E-state index contributed by atoms with van der Waals surface area (Å²) in [6.07, 6.45) is 2.28. The SMILES string of the molecule is O=C(N[C@H]1CCC[C@@H]1OCc1nn[nH]n1)OCc1ccccc1. The monoisotopic (exact) mass is 317 g/mol. The van der Waals surface area contributed by atoms with Crippen molar-refractivity contribution in [3.8, 4) is 0 Å². The Morgan fingerprint density at radius 1 is 1.26 bits per heavy atom. The fourth-order valence-corrected chi connectivity index (χ4v) is 2.63. The van der Waals surface area contributed by atoms with Crippen molar-refractivity contribution in [2.75, 3.05) is 0 Å². The number of hydrogen-bond acceptors (Lipinski definition) is 6. The first kappa shape index (κ1) is 15.4. The second-order valence-electron chi connectivity index (χ2n) is 5.42. The minimum atomic E-state index is -0.422. The fraction of sp³-hybridized carbons (Fsp3) is 0.467. The van der Waals surface area contributed by atoms with Gasteiger partial charge in [0.25, 0.3) is 0 Å². The van der Waals surface area contributed by atoms with E-state index >= 15 is 0 Å². The number of aromatic amines is 1. The minimum absolute atomic E-state index is 0.0508. The maximum absolute atomic E-state index is 11.9. The van der Waals surface area contributed by atoms with Crippen molar-refractivity contribution in [2.24, 2.45) is 0 Å². The van der Waals surface area contributed by atoms with E-state index in [9.17, 15) is 4.79 Å². The number of hydrogen-bond donors (Lipinski definition) is 2. The zero-order valence-corrected chi connectivity index (χ0v) is 12.6. The van der Waals surface area contributed by atoms with Gasteiger partial charge >= 0.3 is 6.09 Å². The molecule has 0 saturated heterocycles. The number of amides is 1. The largest absolute Gasteiger partial charge is 0.445 e. The van der Waals surface area contributed by atoms with Crippen LogP contribution in [0.15, 0.2) is 30.3 Å². The summed E-state index contributed by atoms with van der Waals surface area (Å²) in [4.78, 5) is 11.9. The van der Waals surface area contributed by atoms with Gasteiger partial charge in [0, 0.05) is 0 Å². The zero-order valence-electron chi connectivity index (χ0n) is 12.6. The summed E-state index contributed by atoms with van der Waals surface area (Å²) in [6.45, 7) is 0.534. The lowest BCUT2D eigenvalue weighted by Gasteiger charge is -2.20. The van der Waals surface area contributed by atoms with Gasteiger partial charge in [0.15, 0.2) is 5.82 Å². The van der Waals surface area contributed by atoms with Gasteiger partial charge in [-0.15, -0.1) is 10.2 Å². The lowest BCUT2D eigenvalue weighted by molar-refractivity contribution is 0.0229. The molecule has 2 atom stereocenters. The summed E-state index contributed by atoms with van der Waals surface area (Å²) in [5.41, 5.74) is 0.957. The Morgan fingerprint density at radius 3 is 2.91 bits per heavy atom. The third-order valence-electron chi connectivity index (χ3n) is 3.78. The van der Waals surface area contributed by atoms with Crippen LogP contribution in [0.4, 0.5) is 4.79 Å². The lowest BCUT2D eigenvalue weighted by Crippen LogP contribution is -2.41. The first-order chi connectivity index (χ1) is 11.3. The smallest absolute Gasteiger partial charge is 0.407 e. The Kier molecular flexibility index (Phi) is 5.15. The molecular weight excluding hydrogens is 298 g/mol. The van der Waals surface area contributed by atoms with Gasteiger partial charge in [0.2, 0.25) is 0 Å². The number of rotatable bonds is 6. The molecule has 3 rings (SSSR count). The Balaban J connectivity index is 1.43. The van der Waals surface area contributed by atoms with E-state index in [1.807, 2.05) is 30.3 Å². The van der Waals surface area contributed by atoms with Crippen molar-refractivity contribution in [1.29, 1.82) is 0 Å². The van der Waals surface area contributed by atoms with E-state index in [4.69, 9.17) is 9.47 Å². The summed E-state index contributed by atoms with van der Waals surface area (Å²) in [5.74, 6) is 0.502. The van der Waals surface area contributed by atoms with Gasteiger partial charge in [-0.1, -0.05) is 35.5 Å². The van der Waals surface area contributed by atoms with E-state index in [0.29, 0.717) is 5.82 Å². The molecule has 0 spiro atoms. The maximum Gasteiger partial charge on any atom is 0.407 e. The molecule has 2 N–H and O–H groups in total. The van der Waals surface area contributed by atoms with Crippen LogP contribution in [0.1, 0.15) is 30.7 Å². The molecule has 1 saturated carbocycles. The molecule has 1 aromatic carbocycles. The number of nitrogens with one attached hydrogen (secondary N) is 2. The number of ether oxygens (including phenoxy) is 2. The molecular formula is C15H19N5O3. The van der Waals surface area contributed by atoms with E-state index in [0.717, 1.165) is 24.8 Å². The number of H-pyrrole nitrogens is 1. The third-order valence-corrected chi connectivity index (χ3v) is 3.78. The molecule has 1 aliphatic rings. The van der Waals surface area contributed by atoms with E-state index in [2.05, 4.69) is 25.9 Å². The third kappa shape index (κ3) is 4.49. The van der Waals surface area contributed by atoms with E-state index in [1.165, 1.54) is 0 Å². The average Bonchev–Trinajstić information content (AvgIpc) is 3.24. The van der Waals surface area contributed by atoms with Crippen LogP contribution in [0.5, 0.6) is 0 Å². The Bertz CT molecular complexity index is 605. The number of nitrogens with zero attached hydrogens (tertiary/aromatic N) is 3. The highest BCUT2D eigenvalue weighted by Gasteiger charge is 2.30. The second kappa shape index (κ2) is 7.68. The van der Waals surface area contributed by atoms with Crippen LogP contribution in [-0.4, -0.2) is 38.9 Å². The highest BCUT2D eigenvalue weighted by Crippen LogP contribution is 2.23. The minimum Gasteiger partial charge on any atom is -0.445 e. The lowest BCUT2D eigenvalue weighted by atomic mass is 10.2. The molecule has 0 aliphatic heterocycles. The van der Waals surface area contributed by atoms with Gasteiger partial charge in [-0.05, 0) is 24.8 Å². The van der Waals surface area contributed by atoms with Gasteiger partial charge < -0.3 is 14.8 Å². The van der Waals surface area contributed by atoms with Crippen molar-refractivity contribution >= 4 is 6.09 Å². The first-order valence-corrected chi connectivity index (χ1v) is 7.62. The fourth-order valence-electron chi connectivity index (χ4n) is 2.63. The van der Waals surface area contributed by atoms with Crippen LogP contribution < -0.4 is 5.32 Å². The Hall–Kier alpha value is -2.48. The molecule has 1 amide bonds. The molecule has 23 heavy (non-hydrogen) atoms. The summed E-state index contributed by atoms with van der Waals surface area (Å²) >= 11 is 0. The summed E-state index contributed by atoms with van der Waals surface area (Å²) in [6, 6.07) is 9.53. The summed E-state index contributed by atoms with van der Waals surface area (Å²) in [5, 5.41) is 16.4. The Morgan fingerprint density at radius 2 is 2.13 bits per heavy atom.